The van der Waals surface area contributed by atoms with E-state index in [9.17, 15) is 4.79 Å². The molecule has 1 aliphatic heterocycles. The quantitative estimate of drug-likeness (QED) is 0.859. The molecule has 6 heteroatoms. The van der Waals surface area contributed by atoms with Gasteiger partial charge in [-0.2, -0.15) is 0 Å². The molecule has 0 spiro atoms. The van der Waals surface area contributed by atoms with Crippen LogP contribution >= 0.6 is 11.8 Å². The van der Waals surface area contributed by atoms with E-state index in [0.717, 1.165) is 22.1 Å². The standard InChI is InChI=1S/C16H16N2O3S/c1-11(22-15-4-2-3-7-17-15)16(19)18-9-12-5-6-13-14(8-12)21-10-20-13/h2-8,11H,9-10H2,1H3,(H,18,19). The molecule has 0 saturated carbocycles. The zero-order valence-corrected chi connectivity index (χ0v) is 12.9. The number of rotatable bonds is 5. The zero-order valence-electron chi connectivity index (χ0n) is 12.1. The third-order valence-corrected chi connectivity index (χ3v) is 4.26. The normalized spacial score (nSPS) is 13.7. The van der Waals surface area contributed by atoms with Gasteiger partial charge in [0, 0.05) is 12.7 Å². The number of amides is 1. The van der Waals surface area contributed by atoms with Crippen LogP contribution in [0.1, 0.15) is 12.5 Å². The van der Waals surface area contributed by atoms with Crippen LogP contribution in [0.5, 0.6) is 11.5 Å². The van der Waals surface area contributed by atoms with Crippen molar-refractivity contribution in [1.82, 2.24) is 10.3 Å². The molecule has 1 aromatic heterocycles. The first-order valence-electron chi connectivity index (χ1n) is 6.96. The minimum absolute atomic E-state index is 0.0201. The molecule has 1 aliphatic rings. The van der Waals surface area contributed by atoms with Crippen LogP contribution in [0.4, 0.5) is 0 Å². The minimum Gasteiger partial charge on any atom is -0.454 e. The van der Waals surface area contributed by atoms with Crippen LogP contribution < -0.4 is 14.8 Å². The molecular formula is C16H16N2O3S. The SMILES string of the molecule is CC(Sc1ccccn1)C(=O)NCc1ccc2c(c1)OCO2. The van der Waals surface area contributed by atoms with Gasteiger partial charge in [0.1, 0.15) is 0 Å². The lowest BCUT2D eigenvalue weighted by molar-refractivity contribution is -0.120. The summed E-state index contributed by atoms with van der Waals surface area (Å²) in [5, 5.41) is 3.56. The topological polar surface area (TPSA) is 60.5 Å². The Balaban J connectivity index is 1.53. The molecule has 1 unspecified atom stereocenters. The molecule has 5 nitrogen and oxygen atoms in total. The maximum Gasteiger partial charge on any atom is 0.233 e. The maximum absolute atomic E-state index is 12.1. The van der Waals surface area contributed by atoms with Crippen molar-refractivity contribution in [3.63, 3.8) is 0 Å². The molecule has 3 rings (SSSR count). The van der Waals surface area contributed by atoms with Gasteiger partial charge in [-0.1, -0.05) is 23.9 Å². The first-order chi connectivity index (χ1) is 10.7. The van der Waals surface area contributed by atoms with Gasteiger partial charge in [0.2, 0.25) is 12.7 Å². The van der Waals surface area contributed by atoms with E-state index < -0.39 is 0 Å². The maximum atomic E-state index is 12.1. The van der Waals surface area contributed by atoms with E-state index in [1.165, 1.54) is 11.8 Å². The van der Waals surface area contributed by atoms with E-state index in [4.69, 9.17) is 9.47 Å². The summed E-state index contributed by atoms with van der Waals surface area (Å²) in [6, 6.07) is 11.3. The molecule has 0 fully saturated rings. The molecule has 0 saturated heterocycles. The van der Waals surface area contributed by atoms with Gasteiger partial charge in [0.15, 0.2) is 11.5 Å². The number of benzene rings is 1. The Labute approximate surface area is 133 Å². The fourth-order valence-electron chi connectivity index (χ4n) is 2.04. The zero-order chi connectivity index (χ0) is 15.4. The van der Waals surface area contributed by atoms with Gasteiger partial charge in [-0.05, 0) is 36.8 Å². The van der Waals surface area contributed by atoms with Crippen molar-refractivity contribution in [2.24, 2.45) is 0 Å². The number of carbonyl (C=O) groups is 1. The summed E-state index contributed by atoms with van der Waals surface area (Å²) in [4.78, 5) is 16.4. The number of ether oxygens (including phenoxy) is 2. The Bertz CT molecular complexity index is 664. The highest BCUT2D eigenvalue weighted by Gasteiger charge is 2.16. The number of pyridine rings is 1. The average molecular weight is 316 g/mol. The van der Waals surface area contributed by atoms with E-state index in [0.29, 0.717) is 6.54 Å². The number of fused-ring (bicyclic) bond motifs is 1. The summed E-state index contributed by atoms with van der Waals surface area (Å²) < 4.78 is 10.6. The molecule has 22 heavy (non-hydrogen) atoms. The van der Waals surface area contributed by atoms with Crippen LogP contribution in [0, 0.1) is 0 Å². The highest BCUT2D eigenvalue weighted by Crippen LogP contribution is 2.32. The molecule has 114 valence electrons. The lowest BCUT2D eigenvalue weighted by Gasteiger charge is -2.11. The van der Waals surface area contributed by atoms with Crippen molar-refractivity contribution < 1.29 is 14.3 Å². The van der Waals surface area contributed by atoms with Crippen molar-refractivity contribution in [3.05, 3.63) is 48.2 Å². The third-order valence-electron chi connectivity index (χ3n) is 3.21. The fraction of sp³-hybridized carbons (Fsp3) is 0.250. The molecule has 0 aliphatic carbocycles. The Morgan fingerprint density at radius 3 is 3.00 bits per heavy atom. The Morgan fingerprint density at radius 1 is 1.32 bits per heavy atom. The molecule has 2 heterocycles. The second-order valence-corrected chi connectivity index (χ2v) is 6.19. The van der Waals surface area contributed by atoms with Gasteiger partial charge in [-0.15, -0.1) is 0 Å². The molecule has 0 radical (unpaired) electrons. The number of aromatic nitrogens is 1. The van der Waals surface area contributed by atoms with E-state index >= 15 is 0 Å². The van der Waals surface area contributed by atoms with Gasteiger partial charge in [-0.25, -0.2) is 4.98 Å². The monoisotopic (exact) mass is 316 g/mol. The molecule has 1 N–H and O–H groups in total. The largest absolute Gasteiger partial charge is 0.454 e. The van der Waals surface area contributed by atoms with Crippen LogP contribution in [0.3, 0.4) is 0 Å². The Hall–Kier alpha value is -2.21. The number of nitrogens with one attached hydrogen (secondary N) is 1. The predicted octanol–water partition coefficient (Wildman–Crippen LogP) is 2.61. The van der Waals surface area contributed by atoms with Gasteiger partial charge in [0.05, 0.1) is 10.3 Å². The molecule has 0 bridgehead atoms. The van der Waals surface area contributed by atoms with Crippen LogP contribution in [0.25, 0.3) is 0 Å². The minimum atomic E-state index is -0.205. The lowest BCUT2D eigenvalue weighted by atomic mass is 10.2. The summed E-state index contributed by atoms with van der Waals surface area (Å²) in [7, 11) is 0. The summed E-state index contributed by atoms with van der Waals surface area (Å²) in [5.41, 5.74) is 0.979. The van der Waals surface area contributed by atoms with E-state index in [-0.39, 0.29) is 18.0 Å². The highest BCUT2D eigenvalue weighted by molar-refractivity contribution is 8.00. The van der Waals surface area contributed by atoms with Gasteiger partial charge < -0.3 is 14.8 Å². The summed E-state index contributed by atoms with van der Waals surface area (Å²) in [6.07, 6.45) is 1.72. The molecule has 2 aromatic rings. The number of hydrogen-bond donors (Lipinski definition) is 1. The second kappa shape index (κ2) is 6.70. The first kappa shape index (κ1) is 14.7. The highest BCUT2D eigenvalue weighted by atomic mass is 32.2. The van der Waals surface area contributed by atoms with Crippen molar-refractivity contribution >= 4 is 17.7 Å². The first-order valence-corrected chi connectivity index (χ1v) is 7.84. The van der Waals surface area contributed by atoms with Crippen LogP contribution in [0.15, 0.2) is 47.6 Å². The van der Waals surface area contributed by atoms with Crippen molar-refractivity contribution in [3.8, 4) is 11.5 Å². The van der Waals surface area contributed by atoms with Gasteiger partial charge in [-0.3, -0.25) is 4.79 Å². The van der Waals surface area contributed by atoms with Crippen molar-refractivity contribution in [2.75, 3.05) is 6.79 Å². The van der Waals surface area contributed by atoms with Crippen LogP contribution in [-0.2, 0) is 11.3 Å². The molecule has 1 atom stereocenters. The smallest absolute Gasteiger partial charge is 0.233 e. The summed E-state index contributed by atoms with van der Waals surface area (Å²) in [5.74, 6) is 1.45. The Morgan fingerprint density at radius 2 is 2.18 bits per heavy atom. The third kappa shape index (κ3) is 3.51. The molecule has 1 amide bonds. The van der Waals surface area contributed by atoms with Crippen LogP contribution in [0.2, 0.25) is 0 Å². The Kier molecular flexibility index (Phi) is 4.48. The van der Waals surface area contributed by atoms with Gasteiger partial charge in [0.25, 0.3) is 0 Å². The van der Waals surface area contributed by atoms with E-state index in [1.54, 1.807) is 6.20 Å². The summed E-state index contributed by atoms with van der Waals surface area (Å²) >= 11 is 1.44. The lowest BCUT2D eigenvalue weighted by Crippen LogP contribution is -2.30. The number of hydrogen-bond acceptors (Lipinski definition) is 5. The molecular weight excluding hydrogens is 300 g/mol. The average Bonchev–Trinajstić information content (AvgIpc) is 3.01. The molecule has 1 aromatic carbocycles. The van der Waals surface area contributed by atoms with E-state index in [1.807, 2.05) is 43.3 Å². The fourth-order valence-corrected chi connectivity index (χ4v) is 2.87. The number of nitrogens with zero attached hydrogens (tertiary/aromatic N) is 1. The van der Waals surface area contributed by atoms with Gasteiger partial charge >= 0.3 is 0 Å². The van der Waals surface area contributed by atoms with E-state index in [2.05, 4.69) is 10.3 Å². The van der Waals surface area contributed by atoms with Crippen molar-refractivity contribution in [1.29, 1.82) is 0 Å². The van der Waals surface area contributed by atoms with Crippen molar-refractivity contribution in [2.45, 2.75) is 23.7 Å². The number of thioether (sulfide) groups is 1. The van der Waals surface area contributed by atoms with Crippen LogP contribution in [-0.4, -0.2) is 22.9 Å². The second-order valence-electron chi connectivity index (χ2n) is 4.83. The predicted molar refractivity (Wildman–Crippen MR) is 84.0 cm³/mol. The number of carbonyl (C=O) groups excluding carboxylic acids is 1. The summed E-state index contributed by atoms with van der Waals surface area (Å²) in [6.45, 7) is 2.58.